The molecule has 1 aliphatic carbocycles. The quantitative estimate of drug-likeness (QED) is 0.659. The molecule has 0 aromatic heterocycles. The average Bonchev–Trinajstić information content (AvgIpc) is 3.22. The lowest BCUT2D eigenvalue weighted by molar-refractivity contribution is -0.384. The number of benzene rings is 1. The summed E-state index contributed by atoms with van der Waals surface area (Å²) in [6, 6.07) is 1.87. The topological polar surface area (TPSA) is 101 Å². The summed E-state index contributed by atoms with van der Waals surface area (Å²) in [5.74, 6) is -1.83. The Morgan fingerprint density at radius 3 is 2.48 bits per heavy atom. The van der Waals surface area contributed by atoms with Crippen LogP contribution in [-0.2, 0) is 4.79 Å². The van der Waals surface area contributed by atoms with Crippen molar-refractivity contribution >= 4 is 40.8 Å². The number of halogens is 2. The van der Waals surface area contributed by atoms with Crippen molar-refractivity contribution in [3.05, 3.63) is 37.9 Å². The standard InChI is InChI=1S/C12H10Cl2N2O5/c13-9-4-7(16(20)21)3-8(11(9)14)12(19)15(5-10(17)18)6-1-2-6/h3-4,6H,1-2,5H2,(H,17,18). The predicted molar refractivity (Wildman–Crippen MR) is 74.8 cm³/mol. The van der Waals surface area contributed by atoms with Crippen LogP contribution >= 0.6 is 23.2 Å². The number of carboxylic acids is 1. The molecule has 1 saturated carbocycles. The molecule has 9 heteroatoms. The highest BCUT2D eigenvalue weighted by Crippen LogP contribution is 2.34. The monoisotopic (exact) mass is 332 g/mol. The molecule has 1 N–H and O–H groups in total. The molecule has 1 fully saturated rings. The number of non-ortho nitro benzene ring substituents is 1. The van der Waals surface area contributed by atoms with Crippen LogP contribution in [0.4, 0.5) is 5.69 Å². The first-order valence-corrected chi connectivity index (χ1v) is 6.73. The minimum absolute atomic E-state index is 0.122. The van der Waals surface area contributed by atoms with Crippen LogP contribution in [0.25, 0.3) is 0 Å². The minimum Gasteiger partial charge on any atom is -0.480 e. The molecule has 0 radical (unpaired) electrons. The fraction of sp³-hybridized carbons (Fsp3) is 0.333. The van der Waals surface area contributed by atoms with Crippen LogP contribution in [0.15, 0.2) is 12.1 Å². The Morgan fingerprint density at radius 1 is 1.38 bits per heavy atom. The highest BCUT2D eigenvalue weighted by atomic mass is 35.5. The van der Waals surface area contributed by atoms with Gasteiger partial charge in [-0.15, -0.1) is 0 Å². The van der Waals surface area contributed by atoms with Gasteiger partial charge in [0.15, 0.2) is 0 Å². The second-order valence-corrected chi connectivity index (χ2v) is 5.39. The van der Waals surface area contributed by atoms with Gasteiger partial charge in [-0.25, -0.2) is 0 Å². The fourth-order valence-electron chi connectivity index (χ4n) is 1.89. The third kappa shape index (κ3) is 3.43. The van der Waals surface area contributed by atoms with E-state index in [0.717, 1.165) is 17.0 Å². The zero-order chi connectivity index (χ0) is 15.7. The number of nitrogens with zero attached hydrogens (tertiary/aromatic N) is 2. The van der Waals surface area contributed by atoms with Crippen molar-refractivity contribution in [1.82, 2.24) is 4.90 Å². The number of aliphatic carboxylic acids is 1. The van der Waals surface area contributed by atoms with Crippen molar-refractivity contribution in [3.63, 3.8) is 0 Å². The van der Waals surface area contributed by atoms with Crippen molar-refractivity contribution in [2.24, 2.45) is 0 Å². The summed E-state index contributed by atoms with van der Waals surface area (Å²) in [6.45, 7) is -0.486. The molecule has 0 atom stereocenters. The molecule has 1 amide bonds. The number of amides is 1. The number of carbonyl (C=O) groups excluding carboxylic acids is 1. The lowest BCUT2D eigenvalue weighted by Crippen LogP contribution is -2.37. The normalized spacial score (nSPS) is 13.8. The summed E-state index contributed by atoms with van der Waals surface area (Å²) in [7, 11) is 0. The number of hydrogen-bond acceptors (Lipinski definition) is 4. The predicted octanol–water partition coefficient (Wildman–Crippen LogP) is 2.59. The van der Waals surface area contributed by atoms with Gasteiger partial charge < -0.3 is 10.0 Å². The van der Waals surface area contributed by atoms with Crippen molar-refractivity contribution in [2.45, 2.75) is 18.9 Å². The molecule has 2 rings (SSSR count). The van der Waals surface area contributed by atoms with Gasteiger partial charge >= 0.3 is 5.97 Å². The van der Waals surface area contributed by atoms with E-state index < -0.39 is 23.3 Å². The highest BCUT2D eigenvalue weighted by molar-refractivity contribution is 6.44. The van der Waals surface area contributed by atoms with Gasteiger partial charge in [-0.05, 0) is 12.8 Å². The summed E-state index contributed by atoms with van der Waals surface area (Å²) in [4.78, 5) is 34.5. The van der Waals surface area contributed by atoms with E-state index in [2.05, 4.69) is 0 Å². The molecule has 7 nitrogen and oxygen atoms in total. The van der Waals surface area contributed by atoms with E-state index in [-0.39, 0.29) is 27.3 Å². The van der Waals surface area contributed by atoms with Crippen LogP contribution in [0.2, 0.25) is 10.0 Å². The number of carboxylic acid groups (broad SMARTS) is 1. The molecule has 0 saturated heterocycles. The first-order valence-electron chi connectivity index (χ1n) is 5.97. The minimum atomic E-state index is -1.16. The van der Waals surface area contributed by atoms with Gasteiger partial charge in [0.25, 0.3) is 11.6 Å². The Hall–Kier alpha value is -1.86. The summed E-state index contributed by atoms with van der Waals surface area (Å²) in [6.07, 6.45) is 1.39. The maximum absolute atomic E-state index is 12.4. The van der Waals surface area contributed by atoms with Gasteiger partial charge in [0.1, 0.15) is 6.54 Å². The zero-order valence-electron chi connectivity index (χ0n) is 10.6. The average molecular weight is 333 g/mol. The Balaban J connectivity index is 2.41. The summed E-state index contributed by atoms with van der Waals surface area (Å²) < 4.78 is 0. The largest absolute Gasteiger partial charge is 0.480 e. The fourth-order valence-corrected chi connectivity index (χ4v) is 2.29. The van der Waals surface area contributed by atoms with E-state index in [0.29, 0.717) is 12.8 Å². The Labute approximate surface area is 129 Å². The highest BCUT2D eigenvalue weighted by Gasteiger charge is 2.35. The number of rotatable bonds is 5. The van der Waals surface area contributed by atoms with E-state index in [9.17, 15) is 19.7 Å². The summed E-state index contributed by atoms with van der Waals surface area (Å²) in [5.41, 5.74) is -0.539. The number of nitro groups is 1. The molecule has 0 heterocycles. The van der Waals surface area contributed by atoms with Gasteiger partial charge in [-0.2, -0.15) is 0 Å². The van der Waals surface area contributed by atoms with Crippen molar-refractivity contribution in [2.75, 3.05) is 6.54 Å². The zero-order valence-corrected chi connectivity index (χ0v) is 12.1. The summed E-state index contributed by atoms with van der Waals surface area (Å²) >= 11 is 11.7. The van der Waals surface area contributed by atoms with Gasteiger partial charge in [0, 0.05) is 18.2 Å². The summed E-state index contributed by atoms with van der Waals surface area (Å²) in [5, 5.41) is 19.4. The van der Waals surface area contributed by atoms with Crippen molar-refractivity contribution in [1.29, 1.82) is 0 Å². The van der Waals surface area contributed by atoms with Crippen LogP contribution in [0.1, 0.15) is 23.2 Å². The molecule has 21 heavy (non-hydrogen) atoms. The van der Waals surface area contributed by atoms with Crippen LogP contribution in [0, 0.1) is 10.1 Å². The van der Waals surface area contributed by atoms with Crippen LogP contribution in [-0.4, -0.2) is 39.4 Å². The Bertz CT molecular complexity index is 630. The number of carbonyl (C=O) groups is 2. The molecule has 1 aliphatic rings. The Morgan fingerprint density at radius 2 is 2.00 bits per heavy atom. The molecular formula is C12H10Cl2N2O5. The van der Waals surface area contributed by atoms with Gasteiger partial charge in [-0.3, -0.25) is 19.7 Å². The second kappa shape index (κ2) is 5.87. The van der Waals surface area contributed by atoms with Crippen LogP contribution in [0.5, 0.6) is 0 Å². The van der Waals surface area contributed by atoms with E-state index in [4.69, 9.17) is 28.3 Å². The maximum atomic E-state index is 12.4. The molecule has 1 aromatic rings. The first kappa shape index (κ1) is 15.5. The van der Waals surface area contributed by atoms with Gasteiger partial charge in [0.05, 0.1) is 20.5 Å². The Kier molecular flexibility index (Phi) is 4.34. The third-order valence-corrected chi connectivity index (χ3v) is 3.81. The molecule has 0 unspecified atom stereocenters. The van der Waals surface area contributed by atoms with E-state index in [1.165, 1.54) is 0 Å². The van der Waals surface area contributed by atoms with Crippen molar-refractivity contribution < 1.29 is 19.6 Å². The lowest BCUT2D eigenvalue weighted by Gasteiger charge is -2.20. The SMILES string of the molecule is O=C(O)CN(C(=O)c1cc([N+](=O)[O-])cc(Cl)c1Cl)C1CC1. The second-order valence-electron chi connectivity index (χ2n) is 4.60. The maximum Gasteiger partial charge on any atom is 0.323 e. The van der Waals surface area contributed by atoms with E-state index in [1.807, 2.05) is 0 Å². The van der Waals surface area contributed by atoms with Gasteiger partial charge in [-0.1, -0.05) is 23.2 Å². The third-order valence-electron chi connectivity index (χ3n) is 3.01. The first-order chi connectivity index (χ1) is 9.81. The number of hydrogen-bond donors (Lipinski definition) is 1. The molecular weight excluding hydrogens is 323 g/mol. The number of nitro benzene ring substituents is 1. The van der Waals surface area contributed by atoms with Crippen LogP contribution < -0.4 is 0 Å². The molecule has 0 spiro atoms. The lowest BCUT2D eigenvalue weighted by atomic mass is 10.1. The molecule has 1 aromatic carbocycles. The van der Waals surface area contributed by atoms with Crippen molar-refractivity contribution in [3.8, 4) is 0 Å². The smallest absolute Gasteiger partial charge is 0.323 e. The van der Waals surface area contributed by atoms with Crippen LogP contribution in [0.3, 0.4) is 0 Å². The van der Waals surface area contributed by atoms with E-state index in [1.54, 1.807) is 0 Å². The molecule has 112 valence electrons. The molecule has 0 bridgehead atoms. The van der Waals surface area contributed by atoms with E-state index >= 15 is 0 Å². The molecule has 0 aliphatic heterocycles. The van der Waals surface area contributed by atoms with Gasteiger partial charge in [0.2, 0.25) is 0 Å².